The number of rotatable bonds is 7. The van der Waals surface area contributed by atoms with Crippen molar-refractivity contribution in [2.24, 2.45) is 35.5 Å². The van der Waals surface area contributed by atoms with Crippen LogP contribution in [0.1, 0.15) is 215 Å². The summed E-state index contributed by atoms with van der Waals surface area (Å²) in [5.41, 5.74) is 0. The Morgan fingerprint density at radius 1 is 0.600 bits per heavy atom. The number of hydrogen-bond donors (Lipinski definition) is 0. The molecule has 324 valence electrons. The number of carbonyl (C=O) groups is 3. The van der Waals surface area contributed by atoms with Crippen molar-refractivity contribution in [3.63, 3.8) is 0 Å². The third-order valence-electron chi connectivity index (χ3n) is 12.4. The fourth-order valence-corrected chi connectivity index (χ4v) is 8.43. The van der Waals surface area contributed by atoms with E-state index >= 15 is 0 Å². The van der Waals surface area contributed by atoms with Crippen molar-refractivity contribution in [2.75, 3.05) is 33.9 Å². The molecule has 0 aromatic heterocycles. The Labute approximate surface area is 340 Å². The Morgan fingerprint density at radius 3 is 1.40 bits per heavy atom. The number of ether oxygens (including phenoxy) is 3. The van der Waals surface area contributed by atoms with Gasteiger partial charge in [0.2, 0.25) is 0 Å². The summed E-state index contributed by atoms with van der Waals surface area (Å²) in [6.45, 7) is 16.1. The molecule has 1 saturated heterocycles. The summed E-state index contributed by atoms with van der Waals surface area (Å²) < 4.78 is 17.4. The zero-order valence-electron chi connectivity index (χ0n) is 37.7. The summed E-state index contributed by atoms with van der Waals surface area (Å²) in [5.74, 6) is 3.63. The monoisotopic (exact) mass is 778 g/mol. The largest absolute Gasteiger partial charge is 0.466 e. The average molecular weight is 778 g/mol. The van der Waals surface area contributed by atoms with E-state index in [1.807, 2.05) is 14.1 Å². The molecule has 1 heterocycles. The molecule has 4 unspecified atom stereocenters. The molecular formula is C48H91NO6. The summed E-state index contributed by atoms with van der Waals surface area (Å²) in [6, 6.07) is 0. The molecule has 0 spiro atoms. The standard InChI is InChI=1S/C48H91NO6/c1-39(2)43-31-29-41(5)38-42(6)30-32-44(40(3)4)34-37-54-47(51)27-22-18-14-10-12-16-20-25-45(55-48(52)28-23-35-49(7)8)24-19-15-11-9-13-17-21-26-46(50)53-36-33-43/h39-45H,9-38H2,1-8H3. The molecule has 0 radical (unpaired) electrons. The van der Waals surface area contributed by atoms with Crippen LogP contribution in [-0.2, 0) is 28.6 Å². The lowest BCUT2D eigenvalue weighted by molar-refractivity contribution is -0.150. The van der Waals surface area contributed by atoms with Gasteiger partial charge in [-0.1, -0.05) is 119 Å². The van der Waals surface area contributed by atoms with Crippen LogP contribution in [0.25, 0.3) is 0 Å². The zero-order valence-corrected chi connectivity index (χ0v) is 37.7. The van der Waals surface area contributed by atoms with Gasteiger partial charge < -0.3 is 19.1 Å². The summed E-state index contributed by atoms with van der Waals surface area (Å²) >= 11 is 0. The SMILES string of the molecule is CC1CCC(C(C)C)CCOC(=O)CCCCCCCCCC(OC(=O)CCCN(C)C)CCCCCCCCCC(=O)OCCC(C(C)C)CCC(C)C1. The Balaban J connectivity index is 2.66. The molecule has 7 nitrogen and oxygen atoms in total. The zero-order chi connectivity index (χ0) is 40.7. The fourth-order valence-electron chi connectivity index (χ4n) is 8.43. The maximum Gasteiger partial charge on any atom is 0.306 e. The van der Waals surface area contributed by atoms with Crippen molar-refractivity contribution < 1.29 is 28.6 Å². The molecule has 1 rings (SSSR count). The van der Waals surface area contributed by atoms with Crippen LogP contribution in [0.2, 0.25) is 0 Å². The maximum absolute atomic E-state index is 12.6. The van der Waals surface area contributed by atoms with Crippen LogP contribution in [0.4, 0.5) is 0 Å². The van der Waals surface area contributed by atoms with Gasteiger partial charge >= 0.3 is 17.9 Å². The van der Waals surface area contributed by atoms with Gasteiger partial charge in [0.15, 0.2) is 0 Å². The number of nitrogens with zero attached hydrogens (tertiary/aromatic N) is 1. The first kappa shape index (κ1) is 51.4. The van der Waals surface area contributed by atoms with Crippen molar-refractivity contribution in [3.8, 4) is 0 Å². The molecule has 0 aliphatic carbocycles. The molecule has 55 heavy (non-hydrogen) atoms. The number of cyclic esters (lactones) is 2. The van der Waals surface area contributed by atoms with Crippen LogP contribution < -0.4 is 0 Å². The number of hydrogen-bond acceptors (Lipinski definition) is 7. The maximum atomic E-state index is 12.6. The Kier molecular flexibility index (Phi) is 31.2. The van der Waals surface area contributed by atoms with Crippen LogP contribution in [-0.4, -0.2) is 62.8 Å². The minimum absolute atomic E-state index is 0.0272. The third kappa shape index (κ3) is 30.2. The lowest BCUT2D eigenvalue weighted by Crippen LogP contribution is -2.20. The molecule has 1 aliphatic heterocycles. The minimum atomic E-state index is -0.0484. The quantitative estimate of drug-likeness (QED) is 0.188. The lowest BCUT2D eigenvalue weighted by atomic mass is 9.81. The molecule has 0 aromatic rings. The fraction of sp³-hybridized carbons (Fsp3) is 0.938. The lowest BCUT2D eigenvalue weighted by Gasteiger charge is -2.25. The molecule has 0 amide bonds. The average Bonchev–Trinajstić information content (AvgIpc) is 3.11. The van der Waals surface area contributed by atoms with Gasteiger partial charge in [0.1, 0.15) is 6.10 Å². The minimum Gasteiger partial charge on any atom is -0.466 e. The summed E-state index contributed by atoms with van der Waals surface area (Å²) in [6.07, 6.45) is 28.0. The number of esters is 3. The van der Waals surface area contributed by atoms with E-state index in [-0.39, 0.29) is 24.0 Å². The van der Waals surface area contributed by atoms with E-state index in [0.29, 0.717) is 68.0 Å². The van der Waals surface area contributed by atoms with Gasteiger partial charge in [0, 0.05) is 19.3 Å². The smallest absolute Gasteiger partial charge is 0.306 e. The highest BCUT2D eigenvalue weighted by Gasteiger charge is 2.20. The van der Waals surface area contributed by atoms with E-state index in [1.165, 1.54) is 57.8 Å². The normalized spacial score (nSPS) is 26.6. The molecule has 0 bridgehead atoms. The van der Waals surface area contributed by atoms with E-state index in [0.717, 1.165) is 103 Å². The first-order valence-electron chi connectivity index (χ1n) is 23.5. The Hall–Kier alpha value is -1.63. The Morgan fingerprint density at radius 2 is 1.00 bits per heavy atom. The van der Waals surface area contributed by atoms with Crippen LogP contribution in [0.15, 0.2) is 0 Å². The second kappa shape index (κ2) is 33.4. The first-order chi connectivity index (χ1) is 26.4. The van der Waals surface area contributed by atoms with Gasteiger partial charge in [-0.25, -0.2) is 0 Å². The van der Waals surface area contributed by atoms with Gasteiger partial charge in [-0.3, -0.25) is 14.4 Å². The summed E-state index contributed by atoms with van der Waals surface area (Å²) in [4.78, 5) is 39.7. The van der Waals surface area contributed by atoms with Crippen LogP contribution in [0.3, 0.4) is 0 Å². The molecule has 0 aromatic carbocycles. The van der Waals surface area contributed by atoms with E-state index < -0.39 is 0 Å². The molecule has 4 atom stereocenters. The molecule has 1 aliphatic rings. The highest BCUT2D eigenvalue weighted by molar-refractivity contribution is 5.70. The van der Waals surface area contributed by atoms with E-state index in [4.69, 9.17) is 14.2 Å². The van der Waals surface area contributed by atoms with Crippen LogP contribution >= 0.6 is 0 Å². The Bertz CT molecular complexity index is 891. The van der Waals surface area contributed by atoms with E-state index in [9.17, 15) is 14.4 Å². The van der Waals surface area contributed by atoms with Gasteiger partial charge in [0.25, 0.3) is 0 Å². The van der Waals surface area contributed by atoms with Gasteiger partial charge in [-0.2, -0.15) is 0 Å². The second-order valence-electron chi connectivity index (χ2n) is 18.7. The molecular weight excluding hydrogens is 687 g/mol. The third-order valence-corrected chi connectivity index (χ3v) is 12.4. The highest BCUT2D eigenvalue weighted by atomic mass is 16.5. The van der Waals surface area contributed by atoms with Crippen LogP contribution in [0, 0.1) is 35.5 Å². The van der Waals surface area contributed by atoms with Crippen molar-refractivity contribution in [1.29, 1.82) is 0 Å². The van der Waals surface area contributed by atoms with Gasteiger partial charge in [-0.05, 0) is 133 Å². The highest BCUT2D eigenvalue weighted by Crippen LogP contribution is 2.30. The molecule has 0 N–H and O–H groups in total. The van der Waals surface area contributed by atoms with Crippen molar-refractivity contribution in [2.45, 2.75) is 221 Å². The predicted octanol–water partition coefficient (Wildman–Crippen LogP) is 12.9. The van der Waals surface area contributed by atoms with Gasteiger partial charge in [0.05, 0.1) is 13.2 Å². The van der Waals surface area contributed by atoms with Crippen molar-refractivity contribution in [3.05, 3.63) is 0 Å². The predicted molar refractivity (Wildman–Crippen MR) is 230 cm³/mol. The number of carbonyl (C=O) groups excluding carboxylic acids is 3. The molecule has 1 fully saturated rings. The second-order valence-corrected chi connectivity index (χ2v) is 18.7. The van der Waals surface area contributed by atoms with Crippen LogP contribution in [0.5, 0.6) is 0 Å². The topological polar surface area (TPSA) is 82.1 Å². The van der Waals surface area contributed by atoms with Crippen molar-refractivity contribution in [1.82, 2.24) is 4.90 Å². The molecule has 0 saturated carbocycles. The van der Waals surface area contributed by atoms with Gasteiger partial charge in [-0.15, -0.1) is 0 Å². The van der Waals surface area contributed by atoms with E-state index in [2.05, 4.69) is 46.4 Å². The van der Waals surface area contributed by atoms with E-state index in [1.54, 1.807) is 0 Å². The van der Waals surface area contributed by atoms with Crippen molar-refractivity contribution >= 4 is 17.9 Å². The summed E-state index contributed by atoms with van der Waals surface area (Å²) in [5, 5.41) is 0. The first-order valence-corrected chi connectivity index (χ1v) is 23.5. The molecule has 7 heteroatoms. The summed E-state index contributed by atoms with van der Waals surface area (Å²) in [7, 11) is 4.07.